The van der Waals surface area contributed by atoms with E-state index in [0.717, 1.165) is 44.9 Å². The van der Waals surface area contributed by atoms with Crippen LogP contribution < -0.4 is 5.32 Å². The Morgan fingerprint density at radius 3 is 0.877 bits per heavy atom. The van der Waals surface area contributed by atoms with Crippen LogP contribution in [0, 0.1) is 0 Å². The molecule has 2 atom stereocenters. The zero-order valence-electron chi connectivity index (χ0n) is 55.3. The lowest BCUT2D eigenvalue weighted by Crippen LogP contribution is -2.45. The predicted molar refractivity (Wildman–Crippen MR) is 357 cm³/mol. The van der Waals surface area contributed by atoms with E-state index >= 15 is 0 Å². The number of aliphatic hydroxyl groups is 2. The minimum absolute atomic E-state index is 0.0157. The topological polar surface area (TPSA) is 95.9 Å². The second-order valence-corrected chi connectivity index (χ2v) is 26.0. The number of esters is 1. The van der Waals surface area contributed by atoms with Crippen LogP contribution in [0.3, 0.4) is 0 Å². The van der Waals surface area contributed by atoms with Crippen molar-refractivity contribution in [2.75, 3.05) is 13.2 Å². The summed E-state index contributed by atoms with van der Waals surface area (Å²) in [4.78, 5) is 24.7. The maximum Gasteiger partial charge on any atom is 0.305 e. The third-order valence-corrected chi connectivity index (χ3v) is 17.8. The van der Waals surface area contributed by atoms with Gasteiger partial charge in [-0.2, -0.15) is 0 Å². The van der Waals surface area contributed by atoms with E-state index in [2.05, 4.69) is 31.3 Å². The van der Waals surface area contributed by atoms with E-state index in [0.29, 0.717) is 25.9 Å². The molecule has 0 aliphatic rings. The summed E-state index contributed by atoms with van der Waals surface area (Å²) < 4.78 is 5.51. The predicted octanol–water partition coefficient (Wildman–Crippen LogP) is 24.3. The van der Waals surface area contributed by atoms with Crippen molar-refractivity contribution in [3.8, 4) is 0 Å². The normalized spacial score (nSPS) is 12.5. The lowest BCUT2D eigenvalue weighted by atomic mass is 10.0. The summed E-state index contributed by atoms with van der Waals surface area (Å²) >= 11 is 0. The highest BCUT2D eigenvalue weighted by Gasteiger charge is 2.20. The lowest BCUT2D eigenvalue weighted by molar-refractivity contribution is -0.143. The van der Waals surface area contributed by atoms with E-state index in [1.54, 1.807) is 0 Å². The van der Waals surface area contributed by atoms with Crippen molar-refractivity contribution in [2.24, 2.45) is 0 Å². The van der Waals surface area contributed by atoms with Crippen LogP contribution in [0.1, 0.15) is 431 Å². The van der Waals surface area contributed by atoms with E-state index in [4.69, 9.17) is 4.74 Å². The quantitative estimate of drug-likeness (QED) is 0.0320. The average Bonchev–Trinajstić information content (AvgIpc) is 3.47. The van der Waals surface area contributed by atoms with Gasteiger partial charge in [-0.25, -0.2) is 0 Å². The SMILES string of the molecule is CCCCCCCCC/C=C\CCCCCCCCCC(=O)OCCCCCCCCCCCCCCCCCCCCCCCCCCCCC(=O)NC(CO)C(O)CCCCCCCCCCCCCCCCCCCCCC. The van der Waals surface area contributed by atoms with Crippen LogP contribution >= 0.6 is 0 Å². The number of allylic oxidation sites excluding steroid dienone is 2. The minimum atomic E-state index is -0.663. The molecule has 0 saturated heterocycles. The Kier molecular flexibility index (Phi) is 69.9. The van der Waals surface area contributed by atoms with Crippen LogP contribution in [0.4, 0.5) is 0 Å². The van der Waals surface area contributed by atoms with E-state index in [9.17, 15) is 19.8 Å². The monoisotopic (exact) mass is 1140 g/mol. The molecule has 0 heterocycles. The van der Waals surface area contributed by atoms with Crippen molar-refractivity contribution in [1.29, 1.82) is 0 Å². The molecule has 0 aromatic rings. The van der Waals surface area contributed by atoms with Crippen LogP contribution in [0.15, 0.2) is 12.2 Å². The van der Waals surface area contributed by atoms with Gasteiger partial charge >= 0.3 is 5.97 Å². The second-order valence-electron chi connectivity index (χ2n) is 26.0. The molecule has 0 aliphatic carbocycles. The number of aliphatic hydroxyl groups excluding tert-OH is 2. The van der Waals surface area contributed by atoms with Crippen molar-refractivity contribution >= 4 is 11.9 Å². The number of hydrogen-bond donors (Lipinski definition) is 3. The second kappa shape index (κ2) is 71.1. The summed E-state index contributed by atoms with van der Waals surface area (Å²) in [5.74, 6) is -0.0119. The van der Waals surface area contributed by atoms with Gasteiger partial charge in [0.1, 0.15) is 0 Å². The van der Waals surface area contributed by atoms with E-state index < -0.39 is 12.1 Å². The van der Waals surface area contributed by atoms with Crippen LogP contribution in [-0.4, -0.2) is 47.4 Å². The smallest absolute Gasteiger partial charge is 0.305 e. The number of hydrogen-bond acceptors (Lipinski definition) is 5. The largest absolute Gasteiger partial charge is 0.466 e. The maximum atomic E-state index is 12.6. The van der Waals surface area contributed by atoms with Gasteiger partial charge in [-0.1, -0.05) is 379 Å². The van der Waals surface area contributed by atoms with Gasteiger partial charge in [-0.3, -0.25) is 9.59 Å². The standard InChI is InChI=1S/C75H147NO5/c1-3-5-7-9-11-13-15-17-19-21-23-32-35-39-43-47-51-55-59-63-67-73(78)72(71-77)76-74(79)68-64-60-56-52-48-44-40-36-33-30-28-26-24-25-27-29-31-34-38-42-46-50-54-58-62-66-70-81-75(80)69-65-61-57-53-49-45-41-37-22-20-18-16-14-12-10-8-6-4-2/h20,22,72-73,77-78H,3-19,21,23-71H2,1-2H3,(H,76,79)/b22-20-. The number of rotatable bonds is 71. The van der Waals surface area contributed by atoms with E-state index in [-0.39, 0.29) is 18.5 Å². The molecule has 6 heteroatoms. The van der Waals surface area contributed by atoms with E-state index in [1.165, 1.54) is 353 Å². The van der Waals surface area contributed by atoms with Crippen molar-refractivity contribution in [3.05, 3.63) is 12.2 Å². The molecule has 2 unspecified atom stereocenters. The van der Waals surface area contributed by atoms with Gasteiger partial charge in [-0.15, -0.1) is 0 Å². The van der Waals surface area contributed by atoms with Gasteiger partial charge in [-0.05, 0) is 51.4 Å². The highest BCUT2D eigenvalue weighted by Crippen LogP contribution is 2.20. The fourth-order valence-corrected chi connectivity index (χ4v) is 12.1. The molecular weight excluding hydrogens is 995 g/mol. The fourth-order valence-electron chi connectivity index (χ4n) is 12.1. The van der Waals surface area contributed by atoms with Crippen molar-refractivity contribution < 1.29 is 24.5 Å². The summed E-state index contributed by atoms with van der Waals surface area (Å²) in [7, 11) is 0. The number of ether oxygens (including phenoxy) is 1. The summed E-state index contributed by atoms with van der Waals surface area (Å²) in [5.41, 5.74) is 0. The molecule has 482 valence electrons. The first-order chi connectivity index (χ1) is 40.0. The molecule has 81 heavy (non-hydrogen) atoms. The number of nitrogens with one attached hydrogen (secondary N) is 1. The van der Waals surface area contributed by atoms with Crippen LogP contribution in [0.5, 0.6) is 0 Å². The van der Waals surface area contributed by atoms with Crippen molar-refractivity contribution in [2.45, 2.75) is 443 Å². The fraction of sp³-hybridized carbons (Fsp3) is 0.947. The minimum Gasteiger partial charge on any atom is -0.466 e. The third-order valence-electron chi connectivity index (χ3n) is 17.8. The number of carbonyl (C=O) groups excluding carboxylic acids is 2. The molecule has 1 amide bonds. The molecular formula is C75H147NO5. The highest BCUT2D eigenvalue weighted by atomic mass is 16.5. The summed E-state index contributed by atoms with van der Waals surface area (Å²) in [6, 6.07) is -0.540. The Hall–Kier alpha value is -1.40. The number of unbranched alkanes of at least 4 members (excludes halogenated alkanes) is 58. The van der Waals surface area contributed by atoms with Crippen molar-refractivity contribution in [3.63, 3.8) is 0 Å². The molecule has 0 aromatic carbocycles. The lowest BCUT2D eigenvalue weighted by Gasteiger charge is -2.22. The average molecular weight is 1140 g/mol. The van der Waals surface area contributed by atoms with Gasteiger partial charge in [0, 0.05) is 12.8 Å². The molecule has 0 bridgehead atoms. The molecule has 0 fully saturated rings. The van der Waals surface area contributed by atoms with Crippen LogP contribution in [-0.2, 0) is 14.3 Å². The van der Waals surface area contributed by atoms with Gasteiger partial charge in [0.05, 0.1) is 25.4 Å². The van der Waals surface area contributed by atoms with Crippen molar-refractivity contribution in [1.82, 2.24) is 5.32 Å². The van der Waals surface area contributed by atoms with Crippen LogP contribution in [0.2, 0.25) is 0 Å². The molecule has 0 aliphatic heterocycles. The van der Waals surface area contributed by atoms with Crippen LogP contribution in [0.25, 0.3) is 0 Å². The summed E-state index contributed by atoms with van der Waals surface area (Å²) in [5, 5.41) is 23.4. The van der Waals surface area contributed by atoms with Gasteiger partial charge in [0.25, 0.3) is 0 Å². The highest BCUT2D eigenvalue weighted by molar-refractivity contribution is 5.76. The molecule has 0 rings (SSSR count). The first kappa shape index (κ1) is 79.6. The Balaban J connectivity index is 3.34. The zero-order chi connectivity index (χ0) is 58.5. The first-order valence-corrected chi connectivity index (χ1v) is 37.4. The molecule has 0 radical (unpaired) electrons. The van der Waals surface area contributed by atoms with E-state index in [1.807, 2.05) is 0 Å². The summed E-state index contributed by atoms with van der Waals surface area (Å²) in [6.07, 6.45) is 88.5. The Morgan fingerprint density at radius 1 is 0.333 bits per heavy atom. The third kappa shape index (κ3) is 67.6. The zero-order valence-corrected chi connectivity index (χ0v) is 55.3. The number of amides is 1. The van der Waals surface area contributed by atoms with Gasteiger partial charge < -0.3 is 20.3 Å². The Morgan fingerprint density at radius 2 is 0.580 bits per heavy atom. The molecule has 6 nitrogen and oxygen atoms in total. The summed E-state index contributed by atoms with van der Waals surface area (Å²) in [6.45, 7) is 5.00. The molecule has 0 saturated carbocycles. The Bertz CT molecular complexity index is 1220. The first-order valence-electron chi connectivity index (χ1n) is 37.4. The molecule has 0 spiro atoms. The Labute approximate surface area is 508 Å². The maximum absolute atomic E-state index is 12.6. The number of carbonyl (C=O) groups is 2. The van der Waals surface area contributed by atoms with Gasteiger partial charge in [0.2, 0.25) is 5.91 Å². The molecule has 3 N–H and O–H groups in total. The molecule has 0 aromatic heterocycles. The van der Waals surface area contributed by atoms with Gasteiger partial charge in [0.15, 0.2) is 0 Å².